The van der Waals surface area contributed by atoms with Gasteiger partial charge in [-0.25, -0.2) is 0 Å². The third-order valence-electron chi connectivity index (χ3n) is 6.11. The molecule has 1 N–H and O–H groups in total. The smallest absolute Gasteiger partial charge is 0.0105 e. The fourth-order valence-electron chi connectivity index (χ4n) is 4.45. The summed E-state index contributed by atoms with van der Waals surface area (Å²) in [4.78, 5) is 2.76. The Balaban J connectivity index is 1.82. The minimum atomic E-state index is 0.764. The monoisotopic (exact) mass is 280 g/mol. The molecule has 1 heterocycles. The van der Waals surface area contributed by atoms with E-state index < -0.39 is 0 Å². The van der Waals surface area contributed by atoms with Crippen LogP contribution >= 0.6 is 0 Å². The van der Waals surface area contributed by atoms with Crippen molar-refractivity contribution in [1.29, 1.82) is 0 Å². The van der Waals surface area contributed by atoms with E-state index in [1.54, 1.807) is 0 Å². The van der Waals surface area contributed by atoms with Gasteiger partial charge in [-0.1, -0.05) is 27.2 Å². The number of likely N-dealkylation sites (tertiary alicyclic amines) is 1. The molecule has 2 heteroatoms. The van der Waals surface area contributed by atoms with E-state index in [0.717, 1.165) is 29.7 Å². The van der Waals surface area contributed by atoms with Gasteiger partial charge in [0.05, 0.1) is 0 Å². The Morgan fingerprint density at radius 3 is 2.35 bits per heavy atom. The van der Waals surface area contributed by atoms with Gasteiger partial charge < -0.3 is 10.2 Å². The van der Waals surface area contributed by atoms with Gasteiger partial charge in [-0.2, -0.15) is 0 Å². The van der Waals surface area contributed by atoms with Crippen LogP contribution in [0.1, 0.15) is 59.3 Å². The van der Waals surface area contributed by atoms with Crippen LogP contribution in [0.4, 0.5) is 0 Å². The fraction of sp³-hybridized carbons (Fsp3) is 1.00. The molecule has 3 atom stereocenters. The van der Waals surface area contributed by atoms with Crippen molar-refractivity contribution in [2.75, 3.05) is 26.7 Å². The second-order valence-corrected chi connectivity index (χ2v) is 7.62. The zero-order chi connectivity index (χ0) is 14.5. The highest BCUT2D eigenvalue weighted by Crippen LogP contribution is 2.33. The second-order valence-electron chi connectivity index (χ2n) is 7.62. The third kappa shape index (κ3) is 4.21. The van der Waals surface area contributed by atoms with Gasteiger partial charge in [-0.3, -0.25) is 0 Å². The van der Waals surface area contributed by atoms with Gasteiger partial charge in [0.25, 0.3) is 0 Å². The Morgan fingerprint density at radius 2 is 1.80 bits per heavy atom. The molecule has 3 unspecified atom stereocenters. The van der Waals surface area contributed by atoms with Crippen molar-refractivity contribution in [2.24, 2.45) is 23.7 Å². The summed E-state index contributed by atoms with van der Waals surface area (Å²) in [5, 5.41) is 3.59. The average molecular weight is 280 g/mol. The van der Waals surface area contributed by atoms with Gasteiger partial charge in [-0.05, 0) is 75.9 Å². The van der Waals surface area contributed by atoms with Crippen LogP contribution < -0.4 is 5.32 Å². The maximum absolute atomic E-state index is 3.59. The molecular formula is C18H36N2. The maximum atomic E-state index is 3.59. The lowest BCUT2D eigenvalue weighted by atomic mass is 9.76. The Kier molecular flexibility index (Phi) is 6.35. The number of nitrogens with zero attached hydrogens (tertiary/aromatic N) is 1. The van der Waals surface area contributed by atoms with Crippen molar-refractivity contribution in [3.63, 3.8) is 0 Å². The lowest BCUT2D eigenvalue weighted by Gasteiger charge is -2.41. The average Bonchev–Trinajstić information content (AvgIpc) is 2.47. The number of nitrogens with one attached hydrogen (secondary N) is 1. The van der Waals surface area contributed by atoms with Crippen LogP contribution in [0.2, 0.25) is 0 Å². The van der Waals surface area contributed by atoms with Crippen LogP contribution in [0, 0.1) is 23.7 Å². The van der Waals surface area contributed by atoms with E-state index in [2.05, 4.69) is 38.0 Å². The lowest BCUT2D eigenvalue weighted by molar-refractivity contribution is 0.102. The van der Waals surface area contributed by atoms with Gasteiger partial charge in [0.1, 0.15) is 0 Å². The van der Waals surface area contributed by atoms with Gasteiger partial charge in [0, 0.05) is 12.6 Å². The van der Waals surface area contributed by atoms with Gasteiger partial charge in [0.2, 0.25) is 0 Å². The molecule has 0 aromatic carbocycles. The van der Waals surface area contributed by atoms with Crippen molar-refractivity contribution in [3.8, 4) is 0 Å². The number of rotatable bonds is 5. The number of hydrogen-bond donors (Lipinski definition) is 1. The minimum Gasteiger partial charge on any atom is -0.317 e. The molecule has 1 aliphatic heterocycles. The molecule has 0 bridgehead atoms. The van der Waals surface area contributed by atoms with Crippen LogP contribution in [0.25, 0.3) is 0 Å². The molecule has 0 spiro atoms. The highest BCUT2D eigenvalue weighted by molar-refractivity contribution is 4.87. The molecule has 2 fully saturated rings. The topological polar surface area (TPSA) is 15.3 Å². The van der Waals surface area contributed by atoms with Crippen molar-refractivity contribution in [3.05, 3.63) is 0 Å². The molecule has 1 saturated heterocycles. The van der Waals surface area contributed by atoms with Gasteiger partial charge >= 0.3 is 0 Å². The highest BCUT2D eigenvalue weighted by atomic mass is 15.1. The first-order valence-corrected chi connectivity index (χ1v) is 9.03. The van der Waals surface area contributed by atoms with E-state index in [1.807, 2.05) is 0 Å². The Bertz CT molecular complexity index is 269. The van der Waals surface area contributed by atoms with Crippen LogP contribution in [-0.4, -0.2) is 37.6 Å². The summed E-state index contributed by atoms with van der Waals surface area (Å²) in [6.07, 6.45) is 8.50. The van der Waals surface area contributed by atoms with E-state index in [1.165, 1.54) is 58.2 Å². The van der Waals surface area contributed by atoms with Gasteiger partial charge in [-0.15, -0.1) is 0 Å². The number of piperidine rings is 1. The maximum Gasteiger partial charge on any atom is 0.0105 e. The molecular weight excluding hydrogens is 244 g/mol. The molecule has 2 aliphatic rings. The summed E-state index contributed by atoms with van der Waals surface area (Å²) in [5.41, 5.74) is 0. The first-order chi connectivity index (χ1) is 9.63. The van der Waals surface area contributed by atoms with Crippen LogP contribution in [0.5, 0.6) is 0 Å². The Hall–Kier alpha value is -0.0800. The lowest BCUT2D eigenvalue weighted by Crippen LogP contribution is -2.46. The number of hydrogen-bond acceptors (Lipinski definition) is 2. The summed E-state index contributed by atoms with van der Waals surface area (Å²) < 4.78 is 0. The van der Waals surface area contributed by atoms with Crippen LogP contribution in [0.15, 0.2) is 0 Å². The molecule has 0 radical (unpaired) electrons. The zero-order valence-electron chi connectivity index (χ0n) is 14.2. The Morgan fingerprint density at radius 1 is 1.10 bits per heavy atom. The van der Waals surface area contributed by atoms with E-state index in [0.29, 0.717) is 0 Å². The van der Waals surface area contributed by atoms with E-state index in [-0.39, 0.29) is 0 Å². The predicted octanol–water partition coefficient (Wildman–Crippen LogP) is 3.77. The Labute approximate surface area is 126 Å². The second kappa shape index (κ2) is 7.79. The molecule has 118 valence electrons. The molecule has 0 amide bonds. The minimum absolute atomic E-state index is 0.764. The van der Waals surface area contributed by atoms with Crippen molar-refractivity contribution in [2.45, 2.75) is 65.3 Å². The summed E-state index contributed by atoms with van der Waals surface area (Å²) in [5.74, 6) is 3.72. The third-order valence-corrected chi connectivity index (χ3v) is 6.11. The quantitative estimate of drug-likeness (QED) is 0.824. The van der Waals surface area contributed by atoms with E-state index in [9.17, 15) is 0 Å². The molecule has 2 nitrogen and oxygen atoms in total. The first kappa shape index (κ1) is 16.3. The zero-order valence-corrected chi connectivity index (χ0v) is 14.2. The molecule has 20 heavy (non-hydrogen) atoms. The summed E-state index contributed by atoms with van der Waals surface area (Å²) in [7, 11) is 2.16. The van der Waals surface area contributed by atoms with Crippen molar-refractivity contribution < 1.29 is 0 Å². The van der Waals surface area contributed by atoms with Gasteiger partial charge in [0.15, 0.2) is 0 Å². The SMILES string of the molecule is CCC1CCC(NC)C(CN2CCC(C(C)C)CC2)C1. The summed E-state index contributed by atoms with van der Waals surface area (Å²) in [6, 6.07) is 0.764. The molecule has 2 rings (SSSR count). The van der Waals surface area contributed by atoms with Crippen molar-refractivity contribution in [1.82, 2.24) is 10.2 Å². The van der Waals surface area contributed by atoms with Crippen LogP contribution in [0.3, 0.4) is 0 Å². The fourth-order valence-corrected chi connectivity index (χ4v) is 4.45. The predicted molar refractivity (Wildman–Crippen MR) is 88.0 cm³/mol. The summed E-state index contributed by atoms with van der Waals surface area (Å²) >= 11 is 0. The first-order valence-electron chi connectivity index (χ1n) is 9.03. The standard InChI is InChI=1S/C18H36N2/c1-5-15-6-7-18(19-4)17(12-15)13-20-10-8-16(9-11-20)14(2)3/h14-19H,5-13H2,1-4H3. The summed E-state index contributed by atoms with van der Waals surface area (Å²) in [6.45, 7) is 11.2. The van der Waals surface area contributed by atoms with E-state index in [4.69, 9.17) is 0 Å². The normalized spacial score (nSPS) is 33.8. The molecule has 0 aromatic heterocycles. The van der Waals surface area contributed by atoms with E-state index >= 15 is 0 Å². The van der Waals surface area contributed by atoms with Crippen molar-refractivity contribution >= 4 is 0 Å². The van der Waals surface area contributed by atoms with Crippen LogP contribution in [-0.2, 0) is 0 Å². The molecule has 1 aliphatic carbocycles. The molecule has 1 saturated carbocycles. The highest BCUT2D eigenvalue weighted by Gasteiger charge is 2.31. The molecule has 0 aromatic rings. The largest absolute Gasteiger partial charge is 0.317 e.